The number of benzene rings is 1. The first-order chi connectivity index (χ1) is 10.6. The number of ether oxygens (including phenoxy) is 2. The molecule has 0 aliphatic carbocycles. The van der Waals surface area contributed by atoms with Crippen molar-refractivity contribution < 1.29 is 24.2 Å². The summed E-state index contributed by atoms with van der Waals surface area (Å²) in [5.41, 5.74) is 5.75. The van der Waals surface area contributed by atoms with Crippen molar-refractivity contribution in [3.05, 3.63) is 23.9 Å². The molecule has 1 aromatic heterocycles. The molecule has 0 fully saturated rings. The smallest absolute Gasteiger partial charge is 0.358 e. The van der Waals surface area contributed by atoms with Gasteiger partial charge >= 0.3 is 5.97 Å². The SMILES string of the molecule is NC(=O)CCn1nnc(C(=O)O)c1-c1ccc2c(c1)OCO2. The summed E-state index contributed by atoms with van der Waals surface area (Å²) >= 11 is 0. The minimum Gasteiger partial charge on any atom is -0.476 e. The van der Waals surface area contributed by atoms with Crippen molar-refractivity contribution in [2.45, 2.75) is 13.0 Å². The number of amides is 1. The van der Waals surface area contributed by atoms with E-state index in [1.807, 2.05) is 0 Å². The Morgan fingerprint density at radius 2 is 2.09 bits per heavy atom. The van der Waals surface area contributed by atoms with Crippen molar-refractivity contribution in [1.29, 1.82) is 0 Å². The number of hydrogen-bond donors (Lipinski definition) is 2. The van der Waals surface area contributed by atoms with Crippen LogP contribution in [-0.4, -0.2) is 38.8 Å². The Balaban J connectivity index is 2.05. The van der Waals surface area contributed by atoms with Crippen molar-refractivity contribution in [3.63, 3.8) is 0 Å². The molecule has 1 aliphatic rings. The normalized spacial score (nSPS) is 12.4. The quantitative estimate of drug-likeness (QED) is 0.809. The molecule has 0 atom stereocenters. The van der Waals surface area contributed by atoms with Gasteiger partial charge in [-0.2, -0.15) is 0 Å². The predicted molar refractivity (Wildman–Crippen MR) is 72.4 cm³/mol. The molecule has 9 heteroatoms. The lowest BCUT2D eigenvalue weighted by atomic mass is 10.1. The van der Waals surface area contributed by atoms with Crippen molar-refractivity contribution in [2.75, 3.05) is 6.79 Å². The van der Waals surface area contributed by atoms with Gasteiger partial charge in [-0.1, -0.05) is 5.21 Å². The van der Waals surface area contributed by atoms with E-state index in [0.717, 1.165) is 0 Å². The van der Waals surface area contributed by atoms with Crippen LogP contribution in [0.25, 0.3) is 11.3 Å². The molecule has 114 valence electrons. The van der Waals surface area contributed by atoms with Gasteiger partial charge in [-0.3, -0.25) is 4.79 Å². The number of aromatic carboxylic acids is 1. The standard InChI is InChI=1S/C13H12N4O5/c14-10(18)3-4-17-12(11(13(19)20)15-16-17)7-1-2-8-9(5-7)22-6-21-8/h1-2,5H,3-4,6H2,(H2,14,18)(H,19,20). The van der Waals surface area contributed by atoms with Crippen LogP contribution in [0.15, 0.2) is 18.2 Å². The molecule has 0 radical (unpaired) electrons. The van der Waals surface area contributed by atoms with Gasteiger partial charge in [0.2, 0.25) is 12.7 Å². The fraction of sp³-hybridized carbons (Fsp3) is 0.231. The molecule has 0 unspecified atom stereocenters. The highest BCUT2D eigenvalue weighted by molar-refractivity contribution is 5.93. The molecular weight excluding hydrogens is 292 g/mol. The van der Waals surface area contributed by atoms with Crippen LogP contribution in [0.2, 0.25) is 0 Å². The molecule has 0 saturated carbocycles. The predicted octanol–water partition coefficient (Wildman–Crippen LogP) is 0.247. The monoisotopic (exact) mass is 304 g/mol. The second-order valence-electron chi connectivity index (χ2n) is 4.60. The maximum Gasteiger partial charge on any atom is 0.358 e. The number of rotatable bonds is 5. The highest BCUT2D eigenvalue weighted by atomic mass is 16.7. The Labute approximate surface area is 124 Å². The lowest BCUT2D eigenvalue weighted by Gasteiger charge is -2.07. The van der Waals surface area contributed by atoms with Crippen LogP contribution in [0.4, 0.5) is 0 Å². The van der Waals surface area contributed by atoms with E-state index >= 15 is 0 Å². The van der Waals surface area contributed by atoms with E-state index in [1.165, 1.54) is 4.68 Å². The van der Waals surface area contributed by atoms with Crippen LogP contribution in [-0.2, 0) is 11.3 Å². The zero-order valence-corrected chi connectivity index (χ0v) is 11.4. The molecule has 0 bridgehead atoms. The van der Waals surface area contributed by atoms with Gasteiger partial charge in [0.05, 0.1) is 6.54 Å². The van der Waals surface area contributed by atoms with E-state index in [-0.39, 0.29) is 31.1 Å². The van der Waals surface area contributed by atoms with Crippen molar-refractivity contribution >= 4 is 11.9 Å². The van der Waals surface area contributed by atoms with E-state index in [0.29, 0.717) is 17.1 Å². The minimum atomic E-state index is -1.21. The number of nitrogens with zero attached hydrogens (tertiary/aromatic N) is 3. The number of nitrogens with two attached hydrogens (primary N) is 1. The Bertz CT molecular complexity index is 755. The van der Waals surface area contributed by atoms with Crippen molar-refractivity contribution in [3.8, 4) is 22.8 Å². The third-order valence-corrected chi connectivity index (χ3v) is 3.15. The number of primary amides is 1. The fourth-order valence-electron chi connectivity index (χ4n) is 2.16. The van der Waals surface area contributed by atoms with E-state index < -0.39 is 11.9 Å². The number of fused-ring (bicyclic) bond motifs is 1. The average Bonchev–Trinajstić information content (AvgIpc) is 3.10. The van der Waals surface area contributed by atoms with Crippen LogP contribution in [0.5, 0.6) is 11.5 Å². The van der Waals surface area contributed by atoms with Gasteiger partial charge in [-0.25, -0.2) is 9.48 Å². The van der Waals surface area contributed by atoms with E-state index in [2.05, 4.69) is 10.3 Å². The first kappa shape index (κ1) is 13.9. The molecule has 2 aromatic rings. The Morgan fingerprint density at radius 1 is 1.32 bits per heavy atom. The molecule has 1 aliphatic heterocycles. The van der Waals surface area contributed by atoms with Crippen LogP contribution >= 0.6 is 0 Å². The summed E-state index contributed by atoms with van der Waals surface area (Å²) in [5, 5.41) is 16.7. The summed E-state index contributed by atoms with van der Waals surface area (Å²) in [4.78, 5) is 22.2. The summed E-state index contributed by atoms with van der Waals surface area (Å²) < 4.78 is 11.8. The Hall–Kier alpha value is -3.10. The van der Waals surface area contributed by atoms with E-state index in [1.54, 1.807) is 18.2 Å². The van der Waals surface area contributed by atoms with Crippen LogP contribution in [0, 0.1) is 0 Å². The van der Waals surface area contributed by atoms with Crippen LogP contribution < -0.4 is 15.2 Å². The minimum absolute atomic E-state index is 0.0277. The molecule has 0 spiro atoms. The maximum atomic E-state index is 11.3. The number of carboxylic acids is 1. The molecule has 2 heterocycles. The topological polar surface area (TPSA) is 130 Å². The van der Waals surface area contributed by atoms with Gasteiger partial charge in [0.1, 0.15) is 5.69 Å². The summed E-state index contributed by atoms with van der Waals surface area (Å²) in [6.45, 7) is 0.253. The summed E-state index contributed by atoms with van der Waals surface area (Å²) in [7, 11) is 0. The number of hydrogen-bond acceptors (Lipinski definition) is 6. The number of carbonyl (C=O) groups excluding carboxylic acids is 1. The zero-order valence-electron chi connectivity index (χ0n) is 11.4. The summed E-state index contributed by atoms with van der Waals surface area (Å²) in [5.74, 6) is -0.629. The van der Waals surface area contributed by atoms with E-state index in [4.69, 9.17) is 15.2 Å². The molecule has 22 heavy (non-hydrogen) atoms. The summed E-state index contributed by atoms with van der Waals surface area (Å²) in [6.07, 6.45) is 0.0277. The number of carboxylic acid groups (broad SMARTS) is 1. The second-order valence-corrected chi connectivity index (χ2v) is 4.60. The molecule has 1 amide bonds. The number of aryl methyl sites for hydroxylation is 1. The third-order valence-electron chi connectivity index (χ3n) is 3.15. The second kappa shape index (κ2) is 5.35. The molecular formula is C13H12N4O5. The van der Waals surface area contributed by atoms with Gasteiger partial charge in [0.15, 0.2) is 17.2 Å². The fourth-order valence-corrected chi connectivity index (χ4v) is 2.16. The Morgan fingerprint density at radius 3 is 2.82 bits per heavy atom. The third kappa shape index (κ3) is 2.43. The van der Waals surface area contributed by atoms with E-state index in [9.17, 15) is 14.7 Å². The number of carbonyl (C=O) groups is 2. The Kier molecular flexibility index (Phi) is 3.37. The molecule has 9 nitrogen and oxygen atoms in total. The first-order valence-corrected chi connectivity index (χ1v) is 6.41. The van der Waals surface area contributed by atoms with Gasteiger partial charge in [0, 0.05) is 12.0 Å². The lowest BCUT2D eigenvalue weighted by Crippen LogP contribution is -2.15. The van der Waals surface area contributed by atoms with Gasteiger partial charge < -0.3 is 20.3 Å². The lowest BCUT2D eigenvalue weighted by molar-refractivity contribution is -0.118. The van der Waals surface area contributed by atoms with Gasteiger partial charge in [-0.15, -0.1) is 5.10 Å². The van der Waals surface area contributed by atoms with Gasteiger partial charge in [0.25, 0.3) is 0 Å². The number of aromatic nitrogens is 3. The largest absolute Gasteiger partial charge is 0.476 e. The highest BCUT2D eigenvalue weighted by Crippen LogP contribution is 2.36. The molecule has 1 aromatic carbocycles. The molecule has 3 N–H and O–H groups in total. The molecule has 0 saturated heterocycles. The maximum absolute atomic E-state index is 11.3. The van der Waals surface area contributed by atoms with Crippen LogP contribution in [0.1, 0.15) is 16.9 Å². The highest BCUT2D eigenvalue weighted by Gasteiger charge is 2.23. The van der Waals surface area contributed by atoms with Gasteiger partial charge in [-0.05, 0) is 18.2 Å². The molecule has 3 rings (SSSR count). The van der Waals surface area contributed by atoms with Crippen LogP contribution in [0.3, 0.4) is 0 Å². The van der Waals surface area contributed by atoms with Crippen molar-refractivity contribution in [1.82, 2.24) is 15.0 Å². The zero-order chi connectivity index (χ0) is 15.7. The van der Waals surface area contributed by atoms with Crippen molar-refractivity contribution in [2.24, 2.45) is 5.73 Å². The first-order valence-electron chi connectivity index (χ1n) is 6.41. The average molecular weight is 304 g/mol. The summed E-state index contributed by atoms with van der Waals surface area (Å²) in [6, 6.07) is 5.00.